The molecule has 52 heavy (non-hydrogen) atoms. The first-order valence-corrected chi connectivity index (χ1v) is 20.2. The van der Waals surface area contributed by atoms with Gasteiger partial charge in [0.05, 0.1) is 18.8 Å². The summed E-state index contributed by atoms with van der Waals surface area (Å²) in [6.45, 7) is 3.14. The summed E-state index contributed by atoms with van der Waals surface area (Å²) in [6.07, 6.45) is 40.2. The largest absolute Gasteiger partial charge is 0.469 e. The van der Waals surface area contributed by atoms with Crippen LogP contribution >= 0.6 is 7.82 Å². The molecule has 0 heterocycles. The zero-order chi connectivity index (χ0) is 38.5. The minimum Gasteiger partial charge on any atom is -0.462 e. The topological polar surface area (TPSA) is 160 Å². The van der Waals surface area contributed by atoms with Gasteiger partial charge in [-0.05, 0) is 89.9 Å². The fourth-order valence-corrected chi connectivity index (χ4v) is 4.81. The Bertz CT molecular complexity index is 1190. The highest BCUT2D eigenvalue weighted by Crippen LogP contribution is 2.36. The second-order valence-corrected chi connectivity index (χ2v) is 13.3. The Morgan fingerprint density at radius 3 is 1.54 bits per heavy atom. The molecule has 0 fully saturated rings. The molecule has 0 aromatic heterocycles. The maximum atomic E-state index is 12.4. The van der Waals surface area contributed by atoms with Crippen LogP contribution in [0.1, 0.15) is 117 Å². The fourth-order valence-electron chi connectivity index (χ4n) is 4.45. The van der Waals surface area contributed by atoms with Gasteiger partial charge in [-0.25, -0.2) is 4.57 Å². The Kier molecular flexibility index (Phi) is 32.9. The number of carbonyl (C=O) groups excluding carboxylic acids is 2. The average Bonchev–Trinajstić information content (AvgIpc) is 3.11. The summed E-state index contributed by atoms with van der Waals surface area (Å²) >= 11 is 0. The molecule has 0 aliphatic carbocycles. The Morgan fingerprint density at radius 1 is 0.577 bits per heavy atom. The van der Waals surface area contributed by atoms with Crippen molar-refractivity contribution >= 4 is 19.8 Å². The monoisotopic (exact) mass is 748 g/mol. The van der Waals surface area contributed by atoms with Gasteiger partial charge in [-0.3, -0.25) is 14.1 Å². The number of phosphoric acid groups is 1. The van der Waals surface area contributed by atoms with Gasteiger partial charge in [-0.1, -0.05) is 111 Å². The Labute approximate surface area is 312 Å². The summed E-state index contributed by atoms with van der Waals surface area (Å²) in [7, 11) is -4.85. The summed E-state index contributed by atoms with van der Waals surface area (Å²) in [5.41, 5.74) is 0. The van der Waals surface area contributed by atoms with E-state index in [0.717, 1.165) is 57.8 Å². The van der Waals surface area contributed by atoms with E-state index in [9.17, 15) is 24.4 Å². The van der Waals surface area contributed by atoms with Gasteiger partial charge in [0.15, 0.2) is 6.10 Å². The second-order valence-electron chi connectivity index (χ2n) is 12.1. The minimum absolute atomic E-state index is 0.120. The maximum absolute atomic E-state index is 12.4. The van der Waals surface area contributed by atoms with E-state index in [1.807, 2.05) is 12.2 Å². The molecule has 0 bridgehead atoms. The van der Waals surface area contributed by atoms with E-state index in [4.69, 9.17) is 19.3 Å². The van der Waals surface area contributed by atoms with Crippen molar-refractivity contribution in [2.75, 3.05) is 13.2 Å². The molecule has 0 aromatic carbocycles. The second kappa shape index (κ2) is 34.9. The molecule has 0 spiro atoms. The standard InChI is InChI=1S/C41H65O10P/c1-3-5-7-9-11-13-15-17-18-19-21-23-25-27-29-33-40(44)49-35-37(36-50-52(46,47)48)51-41(45)34-30-32-39(43)38(42)31-28-26-24-22-20-16-14-12-10-8-6-4-2/h5-8,11-14,17-18,20-23,26,28,37-39,42-43H,3-4,9-10,15-16,19,24-25,27,29-36H2,1-2H3,(H2,46,47,48)/b7-5-,8-6-,13-11-,14-12-,18-17-,22-20-,23-21-,28-26-/t37-,38-,39-/m1/s1. The lowest BCUT2D eigenvalue weighted by Gasteiger charge is -2.19. The van der Waals surface area contributed by atoms with Gasteiger partial charge < -0.3 is 29.5 Å². The lowest BCUT2D eigenvalue weighted by molar-refractivity contribution is -0.161. The van der Waals surface area contributed by atoms with Crippen LogP contribution in [0.3, 0.4) is 0 Å². The van der Waals surface area contributed by atoms with Crippen molar-refractivity contribution in [3.8, 4) is 0 Å². The maximum Gasteiger partial charge on any atom is 0.469 e. The molecular weight excluding hydrogens is 683 g/mol. The van der Waals surface area contributed by atoms with Gasteiger partial charge in [0, 0.05) is 12.8 Å². The Hall–Kier alpha value is -3.11. The number of ether oxygens (including phenoxy) is 2. The van der Waals surface area contributed by atoms with Gasteiger partial charge in [0.1, 0.15) is 6.61 Å². The fraction of sp³-hybridized carbons (Fsp3) is 0.561. The molecule has 0 aliphatic heterocycles. The number of esters is 2. The molecule has 3 atom stereocenters. The number of rotatable bonds is 32. The van der Waals surface area contributed by atoms with Crippen LogP contribution in [0, 0.1) is 0 Å². The highest BCUT2D eigenvalue weighted by molar-refractivity contribution is 7.46. The quantitative estimate of drug-likeness (QED) is 0.0226. The SMILES string of the molecule is CC/C=C\C/C=C\C/C=C\C/C=C\CCCCC(=O)OC[C@H](COP(=O)(O)O)OC(=O)CCC[C@@H](O)[C@H](O)C/C=C\C/C=C\C/C=C\C/C=C\CC. The molecule has 0 radical (unpaired) electrons. The first kappa shape index (κ1) is 48.9. The van der Waals surface area contributed by atoms with Crippen LogP contribution in [0.15, 0.2) is 97.2 Å². The van der Waals surface area contributed by atoms with E-state index in [1.54, 1.807) is 6.08 Å². The van der Waals surface area contributed by atoms with Crippen molar-refractivity contribution in [3.05, 3.63) is 97.2 Å². The van der Waals surface area contributed by atoms with Crippen molar-refractivity contribution < 1.29 is 48.2 Å². The van der Waals surface area contributed by atoms with Crippen molar-refractivity contribution in [1.29, 1.82) is 0 Å². The number of aliphatic hydroxyl groups is 2. The number of carbonyl (C=O) groups is 2. The van der Waals surface area contributed by atoms with Crippen LogP contribution in [0.4, 0.5) is 0 Å². The Balaban J connectivity index is 4.34. The van der Waals surface area contributed by atoms with Crippen LogP contribution in [-0.4, -0.2) is 63.5 Å². The van der Waals surface area contributed by atoms with Crippen molar-refractivity contribution in [1.82, 2.24) is 0 Å². The van der Waals surface area contributed by atoms with Crippen molar-refractivity contribution in [2.24, 2.45) is 0 Å². The van der Waals surface area contributed by atoms with E-state index in [0.29, 0.717) is 12.8 Å². The van der Waals surface area contributed by atoms with Crippen LogP contribution in [0.2, 0.25) is 0 Å². The number of hydrogen-bond acceptors (Lipinski definition) is 8. The molecule has 4 N–H and O–H groups in total. The molecule has 0 aliphatic rings. The third kappa shape index (κ3) is 35.3. The Morgan fingerprint density at radius 2 is 1.04 bits per heavy atom. The predicted molar refractivity (Wildman–Crippen MR) is 209 cm³/mol. The van der Waals surface area contributed by atoms with Crippen molar-refractivity contribution in [2.45, 2.75) is 135 Å². The number of unbranched alkanes of at least 4 members (excludes halogenated alkanes) is 2. The summed E-state index contributed by atoms with van der Waals surface area (Å²) < 4.78 is 26.1. The molecule has 294 valence electrons. The zero-order valence-corrected chi connectivity index (χ0v) is 32.3. The normalized spacial score (nSPS) is 14.8. The highest BCUT2D eigenvalue weighted by Gasteiger charge is 2.23. The van der Waals surface area contributed by atoms with E-state index in [-0.39, 0.29) is 32.1 Å². The number of aliphatic hydroxyl groups excluding tert-OH is 2. The molecule has 0 aromatic rings. The van der Waals surface area contributed by atoms with Crippen LogP contribution < -0.4 is 0 Å². The van der Waals surface area contributed by atoms with E-state index in [2.05, 4.69) is 97.4 Å². The molecule has 0 amide bonds. The smallest absolute Gasteiger partial charge is 0.462 e. The molecular formula is C41H65O10P. The van der Waals surface area contributed by atoms with Gasteiger partial charge in [-0.2, -0.15) is 0 Å². The average molecular weight is 749 g/mol. The highest BCUT2D eigenvalue weighted by atomic mass is 31.2. The van der Waals surface area contributed by atoms with Crippen LogP contribution in [0.25, 0.3) is 0 Å². The molecule has 0 unspecified atom stereocenters. The summed E-state index contributed by atoms with van der Waals surface area (Å²) in [6, 6.07) is 0. The van der Waals surface area contributed by atoms with Gasteiger partial charge in [-0.15, -0.1) is 0 Å². The summed E-state index contributed by atoms with van der Waals surface area (Å²) in [4.78, 5) is 42.8. The zero-order valence-electron chi connectivity index (χ0n) is 31.4. The first-order valence-electron chi connectivity index (χ1n) is 18.7. The lowest BCUT2D eigenvalue weighted by Crippen LogP contribution is -2.30. The molecule has 0 saturated heterocycles. The van der Waals surface area contributed by atoms with Crippen LogP contribution in [-0.2, 0) is 28.2 Å². The third-order valence-electron chi connectivity index (χ3n) is 7.30. The van der Waals surface area contributed by atoms with E-state index in [1.165, 1.54) is 0 Å². The number of allylic oxidation sites excluding steroid dienone is 15. The van der Waals surface area contributed by atoms with Crippen molar-refractivity contribution in [3.63, 3.8) is 0 Å². The molecule has 10 nitrogen and oxygen atoms in total. The summed E-state index contributed by atoms with van der Waals surface area (Å²) in [5.74, 6) is -1.23. The molecule has 0 saturated carbocycles. The van der Waals surface area contributed by atoms with Gasteiger partial charge in [0.2, 0.25) is 0 Å². The lowest BCUT2D eigenvalue weighted by atomic mass is 10.0. The minimum atomic E-state index is -4.85. The predicted octanol–water partition coefficient (Wildman–Crippen LogP) is 9.00. The first-order chi connectivity index (χ1) is 25.1. The van der Waals surface area contributed by atoms with Crippen LogP contribution in [0.5, 0.6) is 0 Å². The third-order valence-corrected chi connectivity index (χ3v) is 7.78. The molecule has 0 rings (SSSR count). The van der Waals surface area contributed by atoms with Gasteiger partial charge >= 0.3 is 19.8 Å². The van der Waals surface area contributed by atoms with Gasteiger partial charge in [0.25, 0.3) is 0 Å². The molecule has 11 heteroatoms. The number of hydrogen-bond donors (Lipinski definition) is 4. The van der Waals surface area contributed by atoms with E-state index >= 15 is 0 Å². The number of phosphoric ester groups is 1. The van der Waals surface area contributed by atoms with E-state index < -0.39 is 51.3 Å². The summed E-state index contributed by atoms with van der Waals surface area (Å²) in [5, 5.41) is 20.5.